The van der Waals surface area contributed by atoms with Crippen molar-refractivity contribution in [2.75, 3.05) is 6.61 Å². The molecular formula is C21H23NO4. The van der Waals surface area contributed by atoms with Gasteiger partial charge in [0.1, 0.15) is 0 Å². The maximum atomic E-state index is 12.2. The van der Waals surface area contributed by atoms with E-state index in [1.807, 2.05) is 31.2 Å². The van der Waals surface area contributed by atoms with E-state index < -0.39 is 18.5 Å². The first-order chi connectivity index (χ1) is 12.5. The lowest BCUT2D eigenvalue weighted by molar-refractivity contribution is -0.158. The van der Waals surface area contributed by atoms with Gasteiger partial charge in [-0.15, -0.1) is 0 Å². The maximum absolute atomic E-state index is 12.2. The summed E-state index contributed by atoms with van der Waals surface area (Å²) in [6.45, 7) is 3.43. The molecule has 2 atom stereocenters. The molecule has 0 aliphatic carbocycles. The molecule has 26 heavy (non-hydrogen) atoms. The van der Waals surface area contributed by atoms with E-state index in [9.17, 15) is 9.59 Å². The molecule has 1 N–H and O–H groups in total. The van der Waals surface area contributed by atoms with Crippen molar-refractivity contribution in [1.82, 2.24) is 4.57 Å². The fourth-order valence-electron chi connectivity index (χ4n) is 3.63. The normalized spacial score (nSPS) is 13.6. The SMILES string of the molecule is CCC(CC(C)n1c2ccccc2c2ccccc21)C(=O)OCC(=O)O. The number of aromatic nitrogens is 1. The Labute approximate surface area is 152 Å². The fourth-order valence-corrected chi connectivity index (χ4v) is 3.63. The Morgan fingerprint density at radius 1 is 1.04 bits per heavy atom. The van der Waals surface area contributed by atoms with Crippen molar-refractivity contribution in [2.24, 2.45) is 5.92 Å². The van der Waals surface area contributed by atoms with Crippen LogP contribution in [-0.2, 0) is 14.3 Å². The number of carboxylic acid groups (broad SMARTS) is 1. The third-order valence-electron chi connectivity index (χ3n) is 4.85. The first kappa shape index (κ1) is 18.0. The predicted molar refractivity (Wildman–Crippen MR) is 101 cm³/mol. The molecule has 0 saturated heterocycles. The van der Waals surface area contributed by atoms with Crippen LogP contribution < -0.4 is 0 Å². The second-order valence-electron chi connectivity index (χ2n) is 6.60. The number of fused-ring (bicyclic) bond motifs is 3. The quantitative estimate of drug-likeness (QED) is 0.639. The van der Waals surface area contributed by atoms with Crippen molar-refractivity contribution in [3.63, 3.8) is 0 Å². The monoisotopic (exact) mass is 353 g/mol. The Bertz CT molecular complexity index is 890. The van der Waals surface area contributed by atoms with E-state index in [4.69, 9.17) is 9.84 Å². The highest BCUT2D eigenvalue weighted by Gasteiger charge is 2.24. The molecule has 0 saturated carbocycles. The third-order valence-corrected chi connectivity index (χ3v) is 4.85. The highest BCUT2D eigenvalue weighted by atomic mass is 16.5. The Kier molecular flexibility index (Phi) is 5.26. The molecule has 5 heteroatoms. The van der Waals surface area contributed by atoms with E-state index in [-0.39, 0.29) is 12.0 Å². The number of hydrogen-bond donors (Lipinski definition) is 1. The highest BCUT2D eigenvalue weighted by Crippen LogP contribution is 2.34. The number of carboxylic acids is 1. The summed E-state index contributed by atoms with van der Waals surface area (Å²) in [7, 11) is 0. The van der Waals surface area contributed by atoms with Crippen molar-refractivity contribution < 1.29 is 19.4 Å². The zero-order chi connectivity index (χ0) is 18.7. The number of esters is 1. The standard InChI is InChI=1S/C21H23NO4/c1-3-15(21(25)26-13-20(23)24)12-14(2)22-18-10-6-4-8-16(18)17-9-5-7-11-19(17)22/h4-11,14-15H,3,12-13H2,1-2H3,(H,23,24). The van der Waals surface area contributed by atoms with Crippen molar-refractivity contribution in [3.05, 3.63) is 48.5 Å². The number of benzene rings is 2. The molecule has 3 aromatic rings. The summed E-state index contributed by atoms with van der Waals surface area (Å²) in [4.78, 5) is 22.9. The Hall–Kier alpha value is -2.82. The van der Waals surface area contributed by atoms with Gasteiger partial charge in [0.25, 0.3) is 0 Å². The molecule has 0 bridgehead atoms. The minimum absolute atomic E-state index is 0.0714. The van der Waals surface area contributed by atoms with Crippen LogP contribution in [0.2, 0.25) is 0 Å². The number of ether oxygens (including phenoxy) is 1. The van der Waals surface area contributed by atoms with Gasteiger partial charge in [-0.3, -0.25) is 4.79 Å². The van der Waals surface area contributed by atoms with Crippen LogP contribution >= 0.6 is 0 Å². The van der Waals surface area contributed by atoms with Gasteiger partial charge in [-0.05, 0) is 31.9 Å². The van der Waals surface area contributed by atoms with E-state index >= 15 is 0 Å². The van der Waals surface area contributed by atoms with Crippen molar-refractivity contribution in [1.29, 1.82) is 0 Å². The average Bonchev–Trinajstić information content (AvgIpc) is 2.98. The smallest absolute Gasteiger partial charge is 0.341 e. The number of carbonyl (C=O) groups is 2. The van der Waals surface area contributed by atoms with E-state index in [1.165, 1.54) is 10.8 Å². The minimum atomic E-state index is -1.14. The second kappa shape index (κ2) is 7.60. The molecule has 0 radical (unpaired) electrons. The fraction of sp³-hybridized carbons (Fsp3) is 0.333. The van der Waals surface area contributed by atoms with Gasteiger partial charge in [0.15, 0.2) is 6.61 Å². The molecule has 1 aromatic heterocycles. The first-order valence-corrected chi connectivity index (χ1v) is 8.89. The molecule has 5 nitrogen and oxygen atoms in total. The number of rotatable bonds is 7. The number of aliphatic carboxylic acids is 1. The summed E-state index contributed by atoms with van der Waals surface area (Å²) >= 11 is 0. The summed E-state index contributed by atoms with van der Waals surface area (Å²) in [5.74, 6) is -1.91. The Balaban J connectivity index is 1.92. The van der Waals surface area contributed by atoms with Crippen LogP contribution in [0.25, 0.3) is 21.8 Å². The molecule has 0 aliphatic heterocycles. The lowest BCUT2D eigenvalue weighted by atomic mass is 9.98. The van der Waals surface area contributed by atoms with Gasteiger partial charge < -0.3 is 14.4 Å². The lowest BCUT2D eigenvalue weighted by Crippen LogP contribution is -2.23. The van der Waals surface area contributed by atoms with Crippen LogP contribution in [0.3, 0.4) is 0 Å². The van der Waals surface area contributed by atoms with Crippen molar-refractivity contribution >= 4 is 33.7 Å². The van der Waals surface area contributed by atoms with Gasteiger partial charge in [0.05, 0.1) is 5.92 Å². The molecule has 0 amide bonds. The van der Waals surface area contributed by atoms with Crippen LogP contribution in [0.4, 0.5) is 0 Å². The van der Waals surface area contributed by atoms with Gasteiger partial charge in [-0.1, -0.05) is 43.3 Å². The van der Waals surface area contributed by atoms with Crippen molar-refractivity contribution in [2.45, 2.75) is 32.7 Å². The summed E-state index contributed by atoms with van der Waals surface area (Å²) in [5, 5.41) is 11.1. The summed E-state index contributed by atoms with van der Waals surface area (Å²) in [6, 6.07) is 16.6. The zero-order valence-electron chi connectivity index (χ0n) is 15.0. The zero-order valence-corrected chi connectivity index (χ0v) is 15.0. The summed E-state index contributed by atoms with van der Waals surface area (Å²) in [6.07, 6.45) is 1.21. The molecule has 3 rings (SSSR count). The van der Waals surface area contributed by atoms with Crippen molar-refractivity contribution in [3.8, 4) is 0 Å². The van der Waals surface area contributed by atoms with Crippen LogP contribution in [0.5, 0.6) is 0 Å². The van der Waals surface area contributed by atoms with Crippen LogP contribution in [0, 0.1) is 5.92 Å². The Morgan fingerprint density at radius 3 is 2.08 bits per heavy atom. The molecule has 0 spiro atoms. The molecule has 136 valence electrons. The molecular weight excluding hydrogens is 330 g/mol. The number of hydrogen-bond acceptors (Lipinski definition) is 3. The minimum Gasteiger partial charge on any atom is -0.479 e. The summed E-state index contributed by atoms with van der Waals surface area (Å²) < 4.78 is 7.16. The topological polar surface area (TPSA) is 68.5 Å². The molecule has 2 unspecified atom stereocenters. The molecule has 1 heterocycles. The molecule has 0 aliphatic rings. The maximum Gasteiger partial charge on any atom is 0.341 e. The van der Waals surface area contributed by atoms with Crippen LogP contribution in [0.15, 0.2) is 48.5 Å². The summed E-state index contributed by atoms with van der Waals surface area (Å²) in [5.41, 5.74) is 2.27. The molecule has 0 fully saturated rings. The van der Waals surface area contributed by atoms with Crippen LogP contribution in [-0.4, -0.2) is 28.2 Å². The molecule has 2 aromatic carbocycles. The van der Waals surface area contributed by atoms with Gasteiger partial charge in [-0.2, -0.15) is 0 Å². The third kappa shape index (κ3) is 3.43. The Morgan fingerprint density at radius 2 is 1.58 bits per heavy atom. The van der Waals surface area contributed by atoms with Crippen LogP contribution in [0.1, 0.15) is 32.7 Å². The van der Waals surface area contributed by atoms with Gasteiger partial charge in [0, 0.05) is 27.8 Å². The van der Waals surface area contributed by atoms with Gasteiger partial charge >= 0.3 is 11.9 Å². The van der Waals surface area contributed by atoms with Gasteiger partial charge in [-0.25, -0.2) is 4.79 Å². The van der Waals surface area contributed by atoms with Gasteiger partial charge in [0.2, 0.25) is 0 Å². The van der Waals surface area contributed by atoms with E-state index in [0.717, 1.165) is 11.0 Å². The average molecular weight is 353 g/mol. The predicted octanol–water partition coefficient (Wildman–Crippen LogP) is 4.40. The number of carbonyl (C=O) groups excluding carboxylic acids is 1. The number of para-hydroxylation sites is 2. The highest BCUT2D eigenvalue weighted by molar-refractivity contribution is 6.08. The number of nitrogens with zero attached hydrogens (tertiary/aromatic N) is 1. The second-order valence-corrected chi connectivity index (χ2v) is 6.60. The lowest BCUT2D eigenvalue weighted by Gasteiger charge is -2.21. The van der Waals surface area contributed by atoms with E-state index in [1.54, 1.807) is 0 Å². The first-order valence-electron chi connectivity index (χ1n) is 8.89. The van der Waals surface area contributed by atoms with E-state index in [0.29, 0.717) is 12.8 Å². The van der Waals surface area contributed by atoms with E-state index in [2.05, 4.69) is 35.8 Å². The largest absolute Gasteiger partial charge is 0.479 e.